The minimum absolute atomic E-state index is 0.292. The number of carbonyl (C=O) groups is 1. The zero-order valence-corrected chi connectivity index (χ0v) is 19.4. The van der Waals surface area contributed by atoms with Crippen molar-refractivity contribution in [3.05, 3.63) is 107 Å². The molecule has 0 aliphatic heterocycles. The minimum Gasteiger partial charge on any atom is -0.462 e. The van der Waals surface area contributed by atoms with E-state index in [0.29, 0.717) is 27.9 Å². The Balaban J connectivity index is 1.82. The van der Waals surface area contributed by atoms with Gasteiger partial charge in [0.15, 0.2) is 0 Å². The summed E-state index contributed by atoms with van der Waals surface area (Å²) < 4.78 is 5.20. The number of esters is 1. The minimum atomic E-state index is -0.403. The van der Waals surface area contributed by atoms with Crippen molar-refractivity contribution < 1.29 is 9.53 Å². The van der Waals surface area contributed by atoms with Gasteiger partial charge >= 0.3 is 5.97 Å². The molecule has 165 valence electrons. The molecule has 0 unspecified atom stereocenters. The molecule has 0 aliphatic carbocycles. The highest BCUT2D eigenvalue weighted by molar-refractivity contribution is 6.31. The molecule has 6 heteroatoms. The molecule has 0 heterocycles. The highest BCUT2D eigenvalue weighted by atomic mass is 35.5. The molecule has 0 fully saturated rings. The van der Waals surface area contributed by atoms with E-state index >= 15 is 0 Å². The Morgan fingerprint density at radius 1 is 0.848 bits per heavy atom. The predicted octanol–water partition coefficient (Wildman–Crippen LogP) is 8.12. The highest BCUT2D eigenvalue weighted by Gasteiger charge is 2.16. The third-order valence-electron chi connectivity index (χ3n) is 4.89. The van der Waals surface area contributed by atoms with Gasteiger partial charge in [0.05, 0.1) is 17.9 Å². The summed E-state index contributed by atoms with van der Waals surface area (Å²) in [5, 5.41) is 8.04. The lowest BCUT2D eigenvalue weighted by Gasteiger charge is -2.18. The number of benzene rings is 4. The summed E-state index contributed by atoms with van der Waals surface area (Å²) in [7, 11) is 0. The van der Waals surface area contributed by atoms with Crippen LogP contribution in [0.4, 0.5) is 22.7 Å². The number of anilines is 4. The molecule has 0 aromatic heterocycles. The third kappa shape index (κ3) is 5.67. The van der Waals surface area contributed by atoms with Crippen molar-refractivity contribution >= 4 is 51.9 Å². The highest BCUT2D eigenvalue weighted by Crippen LogP contribution is 2.38. The number of para-hydroxylation sites is 1. The maximum absolute atomic E-state index is 12.5. The molecule has 0 spiro atoms. The first-order chi connectivity index (χ1) is 16.0. The van der Waals surface area contributed by atoms with Crippen LogP contribution in [-0.2, 0) is 4.74 Å². The van der Waals surface area contributed by atoms with E-state index in [2.05, 4.69) is 16.7 Å². The zero-order valence-electron chi connectivity index (χ0n) is 17.9. The van der Waals surface area contributed by atoms with E-state index in [1.54, 1.807) is 31.2 Å². The molecule has 0 saturated carbocycles. The van der Waals surface area contributed by atoms with E-state index in [9.17, 15) is 4.79 Å². The molecule has 4 rings (SSSR count). The molecule has 0 saturated heterocycles. The van der Waals surface area contributed by atoms with E-state index in [0.717, 1.165) is 28.2 Å². The van der Waals surface area contributed by atoms with Gasteiger partial charge in [-0.3, -0.25) is 0 Å². The van der Waals surface area contributed by atoms with Gasteiger partial charge in [0.1, 0.15) is 0 Å². The van der Waals surface area contributed by atoms with Gasteiger partial charge in [-0.1, -0.05) is 47.5 Å². The summed E-state index contributed by atoms with van der Waals surface area (Å²) >= 11 is 12.4. The molecule has 0 atom stereocenters. The van der Waals surface area contributed by atoms with Crippen molar-refractivity contribution in [2.24, 2.45) is 0 Å². The molecule has 0 aliphatic rings. The lowest BCUT2D eigenvalue weighted by atomic mass is 9.98. The normalized spacial score (nSPS) is 10.5. The van der Waals surface area contributed by atoms with Crippen molar-refractivity contribution in [1.82, 2.24) is 0 Å². The quantitative estimate of drug-likeness (QED) is 0.265. The summed E-state index contributed by atoms with van der Waals surface area (Å²) in [5.41, 5.74) is 5.28. The molecule has 2 N–H and O–H groups in total. The van der Waals surface area contributed by atoms with Gasteiger partial charge in [-0.05, 0) is 67.6 Å². The smallest absolute Gasteiger partial charge is 0.338 e. The van der Waals surface area contributed by atoms with Crippen molar-refractivity contribution in [1.29, 1.82) is 0 Å². The van der Waals surface area contributed by atoms with E-state index in [1.165, 1.54) is 0 Å². The molecular weight excluding hydrogens is 455 g/mol. The molecule has 4 nitrogen and oxygen atoms in total. The lowest BCUT2D eigenvalue weighted by molar-refractivity contribution is 0.0526. The van der Waals surface area contributed by atoms with Crippen molar-refractivity contribution in [2.45, 2.75) is 6.92 Å². The van der Waals surface area contributed by atoms with Gasteiger partial charge in [0, 0.05) is 44.3 Å². The van der Waals surface area contributed by atoms with Gasteiger partial charge < -0.3 is 15.4 Å². The van der Waals surface area contributed by atoms with Crippen LogP contribution in [0.5, 0.6) is 0 Å². The Morgan fingerprint density at radius 2 is 1.55 bits per heavy atom. The molecule has 1 radical (unpaired) electrons. The van der Waals surface area contributed by atoms with Crippen molar-refractivity contribution in [2.75, 3.05) is 17.2 Å². The first kappa shape index (κ1) is 22.7. The molecule has 33 heavy (non-hydrogen) atoms. The monoisotopic (exact) mass is 475 g/mol. The van der Waals surface area contributed by atoms with E-state index in [4.69, 9.17) is 27.9 Å². The third-order valence-corrected chi connectivity index (χ3v) is 5.38. The van der Waals surface area contributed by atoms with Crippen LogP contribution in [0.2, 0.25) is 10.0 Å². The molecule has 4 aromatic rings. The first-order valence-electron chi connectivity index (χ1n) is 10.4. The average Bonchev–Trinajstić information content (AvgIpc) is 2.82. The summed E-state index contributed by atoms with van der Waals surface area (Å²) in [4.78, 5) is 12.5. The molecule has 4 aromatic carbocycles. The summed E-state index contributed by atoms with van der Waals surface area (Å²) in [6.45, 7) is 2.07. The Hall–Kier alpha value is -3.47. The van der Waals surface area contributed by atoms with Crippen LogP contribution in [0.1, 0.15) is 17.3 Å². The summed E-state index contributed by atoms with van der Waals surface area (Å²) in [6, 6.07) is 29.4. The largest absolute Gasteiger partial charge is 0.462 e. The fourth-order valence-electron chi connectivity index (χ4n) is 3.35. The van der Waals surface area contributed by atoms with Gasteiger partial charge in [-0.25, -0.2) is 4.79 Å². The van der Waals surface area contributed by atoms with E-state index in [-0.39, 0.29) is 0 Å². The Bertz CT molecular complexity index is 1260. The Kier molecular flexibility index (Phi) is 7.18. The Morgan fingerprint density at radius 3 is 2.27 bits per heavy atom. The number of rotatable bonds is 7. The van der Waals surface area contributed by atoms with Crippen LogP contribution < -0.4 is 10.6 Å². The van der Waals surface area contributed by atoms with Crippen LogP contribution in [0, 0.1) is 6.07 Å². The molecular formula is C27H21Cl2N2O2. The number of hydrogen-bond acceptors (Lipinski definition) is 4. The SMILES string of the molecule is CCOC(=O)c1c[c]c(Nc2ccc(Cl)cc2)c(-c2ccc(Cl)cc2Nc2ccccc2)c1. The predicted molar refractivity (Wildman–Crippen MR) is 136 cm³/mol. The second-order valence-corrected chi connectivity index (χ2v) is 8.08. The van der Waals surface area contributed by atoms with Crippen LogP contribution >= 0.6 is 23.2 Å². The number of ether oxygens (including phenoxy) is 1. The van der Waals surface area contributed by atoms with Gasteiger partial charge in [0.2, 0.25) is 0 Å². The van der Waals surface area contributed by atoms with Crippen LogP contribution in [0.15, 0.2) is 84.9 Å². The number of nitrogens with one attached hydrogen (secondary N) is 2. The van der Waals surface area contributed by atoms with E-state index in [1.807, 2.05) is 60.7 Å². The Labute approximate surface area is 203 Å². The fraction of sp³-hybridized carbons (Fsp3) is 0.0741. The van der Waals surface area contributed by atoms with Crippen LogP contribution in [-0.4, -0.2) is 12.6 Å². The van der Waals surface area contributed by atoms with Crippen molar-refractivity contribution in [3.8, 4) is 11.1 Å². The fourth-order valence-corrected chi connectivity index (χ4v) is 3.65. The number of carbonyl (C=O) groups excluding carboxylic acids is 1. The van der Waals surface area contributed by atoms with Gasteiger partial charge in [0.25, 0.3) is 0 Å². The maximum Gasteiger partial charge on any atom is 0.338 e. The van der Waals surface area contributed by atoms with Gasteiger partial charge in [-0.15, -0.1) is 0 Å². The van der Waals surface area contributed by atoms with Gasteiger partial charge in [-0.2, -0.15) is 0 Å². The average molecular weight is 476 g/mol. The molecule has 0 bridgehead atoms. The standard InChI is InChI=1S/C27H21Cl2N2O2/c1-2-33-27(32)18-8-15-25(30-22-12-9-19(28)10-13-22)24(16-18)23-14-11-20(29)17-26(23)31-21-6-4-3-5-7-21/h3-14,16-17,30-31H,2H2,1H3. The number of hydrogen-bond donors (Lipinski definition) is 2. The second kappa shape index (κ2) is 10.4. The number of halogens is 2. The maximum atomic E-state index is 12.5. The lowest BCUT2D eigenvalue weighted by Crippen LogP contribution is -2.06. The summed E-state index contributed by atoms with van der Waals surface area (Å²) in [5.74, 6) is -0.403. The zero-order chi connectivity index (χ0) is 23.2. The van der Waals surface area contributed by atoms with Crippen LogP contribution in [0.25, 0.3) is 11.1 Å². The van der Waals surface area contributed by atoms with Crippen molar-refractivity contribution in [3.63, 3.8) is 0 Å². The topological polar surface area (TPSA) is 50.4 Å². The second-order valence-electron chi connectivity index (χ2n) is 7.21. The van der Waals surface area contributed by atoms with Crippen LogP contribution in [0.3, 0.4) is 0 Å². The molecule has 0 amide bonds. The first-order valence-corrected chi connectivity index (χ1v) is 11.2. The van der Waals surface area contributed by atoms with E-state index < -0.39 is 5.97 Å². The summed E-state index contributed by atoms with van der Waals surface area (Å²) in [6.07, 6.45) is 0.